The Kier molecular flexibility index (Phi) is 5.01. The van der Waals surface area contributed by atoms with E-state index in [9.17, 15) is 4.79 Å². The summed E-state index contributed by atoms with van der Waals surface area (Å²) >= 11 is 0. The summed E-state index contributed by atoms with van der Waals surface area (Å²) in [6.45, 7) is 5.49. The molecule has 142 valence electrons. The van der Waals surface area contributed by atoms with Gasteiger partial charge in [0.25, 0.3) is 5.91 Å². The van der Waals surface area contributed by atoms with E-state index in [0.29, 0.717) is 25.5 Å². The summed E-state index contributed by atoms with van der Waals surface area (Å²) < 4.78 is 13.3. The van der Waals surface area contributed by atoms with Gasteiger partial charge in [-0.25, -0.2) is 0 Å². The minimum atomic E-state index is -0.0739. The van der Waals surface area contributed by atoms with Gasteiger partial charge in [0, 0.05) is 37.6 Å². The van der Waals surface area contributed by atoms with Crippen LogP contribution in [0.4, 0.5) is 0 Å². The van der Waals surface area contributed by atoms with Crippen molar-refractivity contribution in [3.63, 3.8) is 0 Å². The van der Waals surface area contributed by atoms with Crippen molar-refractivity contribution in [2.45, 2.75) is 13.0 Å². The second-order valence-corrected chi connectivity index (χ2v) is 6.97. The van der Waals surface area contributed by atoms with Crippen LogP contribution in [0.15, 0.2) is 46.9 Å². The molecule has 1 atom stereocenters. The number of rotatable bonds is 5. The molecule has 1 aromatic carbocycles. The average Bonchev–Trinajstić information content (AvgIpc) is 3.27. The van der Waals surface area contributed by atoms with Crippen molar-refractivity contribution < 1.29 is 13.9 Å². The van der Waals surface area contributed by atoms with Crippen molar-refractivity contribution in [1.82, 2.24) is 14.8 Å². The van der Waals surface area contributed by atoms with E-state index >= 15 is 0 Å². The molecule has 6 heteroatoms. The molecule has 1 aliphatic rings. The van der Waals surface area contributed by atoms with Crippen molar-refractivity contribution in [1.29, 1.82) is 0 Å². The third-order valence-electron chi connectivity index (χ3n) is 5.22. The smallest absolute Gasteiger partial charge is 0.268 e. The number of carbonyl (C=O) groups is 1. The van der Waals surface area contributed by atoms with Crippen molar-refractivity contribution in [3.8, 4) is 0 Å². The Bertz CT molecular complexity index is 937. The first kappa shape index (κ1) is 17.8. The number of carbonyl (C=O) groups excluding carboxylic acids is 1. The van der Waals surface area contributed by atoms with Crippen LogP contribution in [0.3, 0.4) is 0 Å². The molecule has 3 heterocycles. The maximum Gasteiger partial charge on any atom is 0.268 e. The van der Waals surface area contributed by atoms with Crippen molar-refractivity contribution in [2.75, 3.05) is 32.8 Å². The summed E-state index contributed by atoms with van der Waals surface area (Å²) in [6, 6.07) is 13.9. The summed E-state index contributed by atoms with van der Waals surface area (Å²) in [7, 11) is 1.92. The molecule has 1 amide bonds. The minimum absolute atomic E-state index is 0.00114. The van der Waals surface area contributed by atoms with E-state index in [-0.39, 0.29) is 11.9 Å². The lowest BCUT2D eigenvalue weighted by Gasteiger charge is -2.33. The number of fused-ring (bicyclic) bond motifs is 1. The van der Waals surface area contributed by atoms with E-state index in [4.69, 9.17) is 9.15 Å². The lowest BCUT2D eigenvalue weighted by molar-refractivity contribution is 0.0116. The SMILES string of the molecule is Cc1ccc(C(CNC(=O)c2cc3ccccc3n2C)N2CCOCC2)o1. The molecular weight excluding hydrogens is 342 g/mol. The number of hydrogen-bond acceptors (Lipinski definition) is 4. The first-order valence-electron chi connectivity index (χ1n) is 9.34. The lowest BCUT2D eigenvalue weighted by Crippen LogP contribution is -2.43. The zero-order chi connectivity index (χ0) is 18.8. The number of aromatic nitrogens is 1. The standard InChI is InChI=1S/C21H25N3O3/c1-15-7-8-20(27-15)19(24-9-11-26-12-10-24)14-22-21(25)18-13-16-5-3-4-6-17(16)23(18)2/h3-8,13,19H,9-12,14H2,1-2H3,(H,22,25). The molecule has 1 aliphatic heterocycles. The van der Waals surface area contributed by atoms with Gasteiger partial charge in [-0.05, 0) is 31.2 Å². The van der Waals surface area contributed by atoms with E-state index < -0.39 is 0 Å². The van der Waals surface area contributed by atoms with Crippen LogP contribution in [0, 0.1) is 6.92 Å². The highest BCUT2D eigenvalue weighted by molar-refractivity contribution is 5.98. The molecule has 1 fully saturated rings. The summed E-state index contributed by atoms with van der Waals surface area (Å²) in [4.78, 5) is 15.2. The molecule has 27 heavy (non-hydrogen) atoms. The van der Waals surface area contributed by atoms with Crippen LogP contribution < -0.4 is 5.32 Å². The Morgan fingerprint density at radius 2 is 1.96 bits per heavy atom. The molecule has 1 N–H and O–H groups in total. The molecule has 4 rings (SSSR count). The molecule has 0 radical (unpaired) electrons. The van der Waals surface area contributed by atoms with Gasteiger partial charge in [0.15, 0.2) is 0 Å². The predicted molar refractivity (Wildman–Crippen MR) is 104 cm³/mol. The maximum atomic E-state index is 12.9. The van der Waals surface area contributed by atoms with Gasteiger partial charge in [0.1, 0.15) is 17.2 Å². The number of benzene rings is 1. The molecule has 0 aliphatic carbocycles. The van der Waals surface area contributed by atoms with Crippen LogP contribution in [0.25, 0.3) is 10.9 Å². The first-order valence-corrected chi connectivity index (χ1v) is 9.34. The van der Waals surface area contributed by atoms with Crippen LogP contribution in [-0.2, 0) is 11.8 Å². The van der Waals surface area contributed by atoms with Gasteiger partial charge >= 0.3 is 0 Å². The molecule has 1 saturated heterocycles. The van der Waals surface area contributed by atoms with E-state index in [1.54, 1.807) is 0 Å². The monoisotopic (exact) mass is 367 g/mol. The number of hydrogen-bond donors (Lipinski definition) is 1. The van der Waals surface area contributed by atoms with Crippen LogP contribution in [-0.4, -0.2) is 48.2 Å². The summed E-state index contributed by atoms with van der Waals surface area (Å²) in [6.07, 6.45) is 0. The van der Waals surface area contributed by atoms with Gasteiger partial charge in [-0.1, -0.05) is 18.2 Å². The Balaban J connectivity index is 1.52. The van der Waals surface area contributed by atoms with Crippen molar-refractivity contribution in [3.05, 3.63) is 59.7 Å². The summed E-state index contributed by atoms with van der Waals surface area (Å²) in [5, 5.41) is 4.17. The number of amides is 1. The second-order valence-electron chi connectivity index (χ2n) is 6.97. The predicted octanol–water partition coefficient (Wildman–Crippen LogP) is 2.88. The number of nitrogens with zero attached hydrogens (tertiary/aromatic N) is 2. The van der Waals surface area contributed by atoms with Gasteiger partial charge in [-0.15, -0.1) is 0 Å². The maximum absolute atomic E-state index is 12.9. The molecule has 2 aromatic heterocycles. The van der Waals surface area contributed by atoms with Crippen molar-refractivity contribution >= 4 is 16.8 Å². The second kappa shape index (κ2) is 7.58. The third-order valence-corrected chi connectivity index (χ3v) is 5.22. The highest BCUT2D eigenvalue weighted by atomic mass is 16.5. The number of nitrogens with one attached hydrogen (secondary N) is 1. The summed E-state index contributed by atoms with van der Waals surface area (Å²) in [5.74, 6) is 1.69. The van der Waals surface area contributed by atoms with Gasteiger partial charge in [-0.3, -0.25) is 9.69 Å². The first-order chi connectivity index (χ1) is 13.1. The molecule has 0 bridgehead atoms. The zero-order valence-electron chi connectivity index (χ0n) is 15.8. The zero-order valence-corrected chi connectivity index (χ0v) is 15.8. The van der Waals surface area contributed by atoms with Crippen LogP contribution in [0.5, 0.6) is 0 Å². The highest BCUT2D eigenvalue weighted by Gasteiger charge is 2.26. The van der Waals surface area contributed by atoms with Gasteiger partial charge in [0.05, 0.1) is 19.3 Å². The fourth-order valence-electron chi connectivity index (χ4n) is 3.72. The van der Waals surface area contributed by atoms with Gasteiger partial charge in [0.2, 0.25) is 0 Å². The van der Waals surface area contributed by atoms with E-state index in [0.717, 1.165) is 35.5 Å². The Hall–Kier alpha value is -2.57. The molecule has 3 aromatic rings. The van der Waals surface area contributed by atoms with E-state index in [1.165, 1.54) is 0 Å². The topological polar surface area (TPSA) is 59.6 Å². The largest absolute Gasteiger partial charge is 0.465 e. The quantitative estimate of drug-likeness (QED) is 0.753. The van der Waals surface area contributed by atoms with E-state index in [2.05, 4.69) is 10.2 Å². The summed E-state index contributed by atoms with van der Waals surface area (Å²) in [5.41, 5.74) is 1.71. The normalized spacial score (nSPS) is 16.5. The van der Waals surface area contributed by atoms with Crippen LogP contribution >= 0.6 is 0 Å². The number of morpholine rings is 1. The van der Waals surface area contributed by atoms with Crippen molar-refractivity contribution in [2.24, 2.45) is 7.05 Å². The molecular formula is C21H25N3O3. The minimum Gasteiger partial charge on any atom is -0.465 e. The van der Waals surface area contributed by atoms with Gasteiger partial charge < -0.3 is 19.0 Å². The molecule has 0 spiro atoms. The third kappa shape index (κ3) is 3.63. The number of aryl methyl sites for hydroxylation is 2. The Labute approximate surface area is 158 Å². The number of para-hydroxylation sites is 1. The van der Waals surface area contributed by atoms with Crippen LogP contribution in [0.2, 0.25) is 0 Å². The molecule has 1 unspecified atom stereocenters. The van der Waals surface area contributed by atoms with E-state index in [1.807, 2.05) is 61.0 Å². The lowest BCUT2D eigenvalue weighted by atomic mass is 10.1. The fourth-order valence-corrected chi connectivity index (χ4v) is 3.72. The highest BCUT2D eigenvalue weighted by Crippen LogP contribution is 2.24. The average molecular weight is 367 g/mol. The Morgan fingerprint density at radius 3 is 2.67 bits per heavy atom. The number of furan rings is 1. The molecule has 6 nitrogen and oxygen atoms in total. The fraction of sp³-hybridized carbons (Fsp3) is 0.381. The number of ether oxygens (including phenoxy) is 1. The Morgan fingerprint density at radius 1 is 1.19 bits per heavy atom. The molecule has 0 saturated carbocycles. The van der Waals surface area contributed by atoms with Gasteiger partial charge in [-0.2, -0.15) is 0 Å². The van der Waals surface area contributed by atoms with Crippen LogP contribution in [0.1, 0.15) is 28.1 Å².